The maximum absolute atomic E-state index is 13.6. The number of nitrogens with one attached hydrogen (secondary N) is 1. The van der Waals surface area contributed by atoms with E-state index >= 15 is 0 Å². The molecule has 21 heavy (non-hydrogen) atoms. The third-order valence-corrected chi connectivity index (χ3v) is 3.12. The van der Waals surface area contributed by atoms with Crippen LogP contribution < -0.4 is 5.32 Å². The minimum atomic E-state index is -1.05. The molecule has 1 unspecified atom stereocenters. The Bertz CT molecular complexity index is 531. The second-order valence-electron chi connectivity index (χ2n) is 4.45. The Balaban J connectivity index is 2.86. The van der Waals surface area contributed by atoms with Crippen LogP contribution in [0.15, 0.2) is 12.1 Å². The number of nitrogens with zero attached hydrogens (tertiary/aromatic N) is 1. The summed E-state index contributed by atoms with van der Waals surface area (Å²) in [6, 6.07) is 0.756. The molecular formula is C13H15ClF2N2O3. The Hall–Kier alpha value is -1.89. The molecule has 0 aliphatic rings. The number of carbonyl (C=O) groups excluding carboxylic acids is 1. The number of urea groups is 1. The molecule has 1 rings (SSSR count). The molecule has 0 fully saturated rings. The number of aliphatic carboxylic acids is 1. The molecule has 1 atom stereocenters. The van der Waals surface area contributed by atoms with E-state index in [0.29, 0.717) is 6.07 Å². The van der Waals surface area contributed by atoms with Gasteiger partial charge in [0.2, 0.25) is 0 Å². The molecule has 8 heteroatoms. The van der Waals surface area contributed by atoms with Crippen molar-refractivity contribution in [1.29, 1.82) is 0 Å². The summed E-state index contributed by atoms with van der Waals surface area (Å²) in [5, 5.41) is 10.8. The summed E-state index contributed by atoms with van der Waals surface area (Å²) in [6.45, 7) is 3.28. The SMILES string of the molecule is CCN(CC(C)C(=O)O)C(=O)Nc1c(F)cc(F)cc1Cl. The van der Waals surface area contributed by atoms with Crippen molar-refractivity contribution in [3.8, 4) is 0 Å². The average molecular weight is 321 g/mol. The van der Waals surface area contributed by atoms with Crippen molar-refractivity contribution in [2.45, 2.75) is 13.8 Å². The van der Waals surface area contributed by atoms with Crippen LogP contribution in [0.1, 0.15) is 13.8 Å². The minimum absolute atomic E-state index is 0.0436. The van der Waals surface area contributed by atoms with Crippen molar-refractivity contribution in [2.75, 3.05) is 18.4 Å². The van der Waals surface area contributed by atoms with Gasteiger partial charge in [-0.2, -0.15) is 0 Å². The zero-order valence-corrected chi connectivity index (χ0v) is 12.2. The quantitative estimate of drug-likeness (QED) is 0.875. The predicted molar refractivity (Wildman–Crippen MR) is 74.4 cm³/mol. The van der Waals surface area contributed by atoms with Crippen LogP contribution in [-0.2, 0) is 4.79 Å². The third kappa shape index (κ3) is 4.56. The normalized spacial score (nSPS) is 11.9. The third-order valence-electron chi connectivity index (χ3n) is 2.82. The number of amides is 2. The topological polar surface area (TPSA) is 69.6 Å². The number of carbonyl (C=O) groups is 2. The van der Waals surface area contributed by atoms with Crippen LogP contribution >= 0.6 is 11.6 Å². The number of hydrogen-bond acceptors (Lipinski definition) is 2. The lowest BCUT2D eigenvalue weighted by Gasteiger charge is -2.23. The van der Waals surface area contributed by atoms with Gasteiger partial charge in [0.15, 0.2) is 5.82 Å². The van der Waals surface area contributed by atoms with Crippen molar-refractivity contribution >= 4 is 29.3 Å². The van der Waals surface area contributed by atoms with E-state index in [0.717, 1.165) is 6.07 Å². The lowest BCUT2D eigenvalue weighted by Crippen LogP contribution is -2.39. The van der Waals surface area contributed by atoms with Crippen LogP contribution in [0.4, 0.5) is 19.3 Å². The molecule has 1 aromatic carbocycles. The molecule has 1 aromatic rings. The molecule has 0 aliphatic heterocycles. The van der Waals surface area contributed by atoms with Crippen LogP contribution in [0.25, 0.3) is 0 Å². The van der Waals surface area contributed by atoms with E-state index in [1.165, 1.54) is 11.8 Å². The van der Waals surface area contributed by atoms with Crippen molar-refractivity contribution < 1.29 is 23.5 Å². The first-order valence-electron chi connectivity index (χ1n) is 6.19. The average Bonchev–Trinajstić information content (AvgIpc) is 2.39. The largest absolute Gasteiger partial charge is 0.481 e. The van der Waals surface area contributed by atoms with Gasteiger partial charge in [-0.15, -0.1) is 0 Å². The Kier molecular flexibility index (Phi) is 5.90. The number of rotatable bonds is 5. The van der Waals surface area contributed by atoms with Gasteiger partial charge < -0.3 is 15.3 Å². The van der Waals surface area contributed by atoms with E-state index in [-0.39, 0.29) is 23.8 Å². The Morgan fingerprint density at radius 1 is 1.43 bits per heavy atom. The molecule has 0 aliphatic carbocycles. The molecular weight excluding hydrogens is 306 g/mol. The van der Waals surface area contributed by atoms with Crippen molar-refractivity contribution in [3.05, 3.63) is 28.8 Å². The van der Waals surface area contributed by atoms with Gasteiger partial charge in [0.1, 0.15) is 5.82 Å². The highest BCUT2D eigenvalue weighted by Gasteiger charge is 2.21. The van der Waals surface area contributed by atoms with Gasteiger partial charge in [-0.25, -0.2) is 13.6 Å². The number of hydrogen-bond donors (Lipinski definition) is 2. The second kappa shape index (κ2) is 7.21. The zero-order valence-electron chi connectivity index (χ0n) is 11.5. The highest BCUT2D eigenvalue weighted by molar-refractivity contribution is 6.33. The summed E-state index contributed by atoms with van der Waals surface area (Å²) in [7, 11) is 0. The van der Waals surface area contributed by atoms with Gasteiger partial charge in [-0.1, -0.05) is 18.5 Å². The van der Waals surface area contributed by atoms with E-state index in [4.69, 9.17) is 16.7 Å². The van der Waals surface area contributed by atoms with E-state index in [1.807, 2.05) is 0 Å². The maximum atomic E-state index is 13.6. The summed E-state index contributed by atoms with van der Waals surface area (Å²) in [6.07, 6.45) is 0. The summed E-state index contributed by atoms with van der Waals surface area (Å²) in [5.41, 5.74) is -0.343. The molecule has 0 saturated heterocycles. The van der Waals surface area contributed by atoms with Crippen LogP contribution in [-0.4, -0.2) is 35.1 Å². The lowest BCUT2D eigenvalue weighted by atomic mass is 10.2. The van der Waals surface area contributed by atoms with E-state index < -0.39 is 29.6 Å². The number of halogens is 3. The van der Waals surface area contributed by atoms with Crippen molar-refractivity contribution in [1.82, 2.24) is 4.90 Å². The summed E-state index contributed by atoms with van der Waals surface area (Å²) >= 11 is 5.68. The molecule has 2 N–H and O–H groups in total. The van der Waals surface area contributed by atoms with Crippen molar-refractivity contribution in [3.63, 3.8) is 0 Å². The molecule has 0 heterocycles. The van der Waals surface area contributed by atoms with E-state index in [9.17, 15) is 18.4 Å². The van der Waals surface area contributed by atoms with Gasteiger partial charge in [-0.3, -0.25) is 4.79 Å². The van der Waals surface area contributed by atoms with Crippen LogP contribution in [0.5, 0.6) is 0 Å². The second-order valence-corrected chi connectivity index (χ2v) is 4.86. The first kappa shape index (κ1) is 17.2. The highest BCUT2D eigenvalue weighted by atomic mass is 35.5. The van der Waals surface area contributed by atoms with Crippen LogP contribution in [0, 0.1) is 17.6 Å². The zero-order chi connectivity index (χ0) is 16.2. The summed E-state index contributed by atoms with van der Waals surface area (Å²) < 4.78 is 26.5. The van der Waals surface area contributed by atoms with Gasteiger partial charge in [-0.05, 0) is 13.0 Å². The van der Waals surface area contributed by atoms with E-state index in [1.54, 1.807) is 6.92 Å². The lowest BCUT2D eigenvalue weighted by molar-refractivity contribution is -0.141. The minimum Gasteiger partial charge on any atom is -0.481 e. The highest BCUT2D eigenvalue weighted by Crippen LogP contribution is 2.26. The predicted octanol–water partition coefficient (Wildman–Crippen LogP) is 3.19. The number of carboxylic acids is 1. The van der Waals surface area contributed by atoms with Crippen LogP contribution in [0.3, 0.4) is 0 Å². The first-order chi connectivity index (χ1) is 9.76. The maximum Gasteiger partial charge on any atom is 0.321 e. The number of benzene rings is 1. The molecule has 0 spiro atoms. The Morgan fingerprint density at radius 2 is 2.05 bits per heavy atom. The molecule has 5 nitrogen and oxygen atoms in total. The Morgan fingerprint density at radius 3 is 2.52 bits per heavy atom. The van der Waals surface area contributed by atoms with Crippen molar-refractivity contribution in [2.24, 2.45) is 5.92 Å². The molecule has 116 valence electrons. The molecule has 2 amide bonds. The van der Waals surface area contributed by atoms with Crippen LogP contribution in [0.2, 0.25) is 5.02 Å². The summed E-state index contributed by atoms with van der Waals surface area (Å²) in [5.74, 6) is -3.69. The first-order valence-corrected chi connectivity index (χ1v) is 6.57. The number of carboxylic acid groups (broad SMARTS) is 1. The summed E-state index contributed by atoms with van der Waals surface area (Å²) in [4.78, 5) is 24.0. The molecule has 0 bridgehead atoms. The molecule has 0 saturated carbocycles. The fourth-order valence-electron chi connectivity index (χ4n) is 1.61. The fraction of sp³-hybridized carbons (Fsp3) is 0.385. The monoisotopic (exact) mass is 320 g/mol. The fourth-order valence-corrected chi connectivity index (χ4v) is 1.85. The van der Waals surface area contributed by atoms with Gasteiger partial charge >= 0.3 is 12.0 Å². The molecule has 0 radical (unpaired) electrons. The Labute approximate surface area is 125 Å². The van der Waals surface area contributed by atoms with E-state index in [2.05, 4.69) is 5.32 Å². The standard InChI is InChI=1S/C13H15ClF2N2O3/c1-3-18(6-7(2)12(19)20)13(21)17-11-9(14)4-8(15)5-10(11)16/h4-5,7H,3,6H2,1-2H3,(H,17,21)(H,19,20). The molecule has 0 aromatic heterocycles. The number of anilines is 1. The smallest absolute Gasteiger partial charge is 0.321 e. The van der Waals surface area contributed by atoms with Gasteiger partial charge in [0.05, 0.1) is 16.6 Å². The van der Waals surface area contributed by atoms with Gasteiger partial charge in [0, 0.05) is 19.2 Å². The van der Waals surface area contributed by atoms with Gasteiger partial charge in [0.25, 0.3) is 0 Å².